The second-order valence-electron chi connectivity index (χ2n) is 11.9. The molecule has 1 aliphatic carbocycles. The molecule has 7 rings (SSSR count). The predicted octanol–water partition coefficient (Wildman–Crippen LogP) is 7.37. The third kappa shape index (κ3) is 8.67. The maximum atomic E-state index is 8.49. The summed E-state index contributed by atoms with van der Waals surface area (Å²) < 4.78 is 37.3. The molecule has 1 N–H and O–H groups in total. The molecule has 2 heterocycles. The zero-order valence-electron chi connectivity index (χ0n) is 27.9. The van der Waals surface area contributed by atoms with E-state index in [1.165, 1.54) is 43.0 Å². The molecular formula is C39H36Cl3N3O4S2. The number of likely N-dealkylation sites (N-methyl/N-ethyl adjacent to an activating group) is 1. The highest BCUT2D eigenvalue weighted by molar-refractivity contribution is 8.18. The summed E-state index contributed by atoms with van der Waals surface area (Å²) in [5.74, 6) is 0. The van der Waals surface area contributed by atoms with Crippen molar-refractivity contribution in [1.29, 1.82) is 0 Å². The number of thioether (sulfide) groups is 1. The zero-order chi connectivity index (χ0) is 36.2. The normalized spacial score (nSPS) is 19.1. The van der Waals surface area contributed by atoms with Crippen LogP contribution < -0.4 is 32.7 Å². The van der Waals surface area contributed by atoms with Crippen LogP contribution in [0.25, 0.3) is 0 Å². The van der Waals surface area contributed by atoms with Crippen LogP contribution in [0, 0.1) is 10.2 Å². The highest BCUT2D eigenvalue weighted by Crippen LogP contribution is 2.54. The number of anilines is 3. The molecule has 0 saturated heterocycles. The number of quaternary nitrogens is 1. The van der Waals surface area contributed by atoms with Gasteiger partial charge in [0, 0.05) is 37.8 Å². The van der Waals surface area contributed by atoms with Gasteiger partial charge in [0.25, 0.3) is 0 Å². The van der Waals surface area contributed by atoms with Gasteiger partial charge in [-0.25, -0.2) is 18.6 Å². The summed E-state index contributed by atoms with van der Waals surface area (Å²) in [6.07, 6.45) is 13.6. The number of nitrogens with one attached hydrogen (secondary N) is 1. The van der Waals surface area contributed by atoms with Gasteiger partial charge in [-0.2, -0.15) is 0 Å². The fourth-order valence-corrected chi connectivity index (χ4v) is 10.5. The molecule has 1 atom stereocenters. The van der Waals surface area contributed by atoms with Crippen molar-refractivity contribution in [2.24, 2.45) is 0 Å². The summed E-state index contributed by atoms with van der Waals surface area (Å²) in [6.45, 7) is 6.49. The average molecular weight is 781 g/mol. The Morgan fingerprint density at radius 3 is 2.04 bits per heavy atom. The lowest BCUT2D eigenvalue weighted by Crippen LogP contribution is -2.68. The highest BCUT2D eigenvalue weighted by Gasteiger charge is 2.45. The van der Waals surface area contributed by atoms with E-state index in [1.54, 1.807) is 11.8 Å². The molecule has 0 aromatic heterocycles. The van der Waals surface area contributed by atoms with E-state index in [9.17, 15) is 0 Å². The Kier molecular flexibility index (Phi) is 11.8. The quantitative estimate of drug-likeness (QED) is 0.113. The zero-order valence-corrected chi connectivity index (χ0v) is 31.8. The van der Waals surface area contributed by atoms with Crippen LogP contribution >= 0.6 is 45.6 Å². The van der Waals surface area contributed by atoms with E-state index in [-0.39, 0.29) is 10.7 Å². The van der Waals surface area contributed by atoms with Crippen LogP contribution in [0.3, 0.4) is 0 Å². The summed E-state index contributed by atoms with van der Waals surface area (Å²) >= 11 is 14.6. The van der Waals surface area contributed by atoms with E-state index in [2.05, 4.69) is 139 Å². The van der Waals surface area contributed by atoms with Gasteiger partial charge in [0.05, 0.1) is 40.1 Å². The number of allylic oxidation sites excluding steroid dienone is 6. The molecule has 0 bridgehead atoms. The molecular weight excluding hydrogens is 745 g/mol. The minimum atomic E-state index is -4.94. The molecule has 264 valence electrons. The lowest BCUT2D eigenvalue weighted by atomic mass is 10.2. The van der Waals surface area contributed by atoms with E-state index in [1.807, 2.05) is 12.1 Å². The smallest absolute Gasteiger partial charge is 0.186 e. The van der Waals surface area contributed by atoms with E-state index < -0.39 is 10.2 Å². The average Bonchev–Trinajstić information content (AvgIpc) is 3.81. The Morgan fingerprint density at radius 2 is 1.41 bits per heavy atom. The van der Waals surface area contributed by atoms with Gasteiger partial charge in [-0.1, -0.05) is 89.6 Å². The lowest BCUT2D eigenvalue weighted by molar-refractivity contribution is -2.00. The number of nitrogens with zero attached hydrogens (tertiary/aromatic N) is 2. The molecule has 0 spiro atoms. The Hall–Kier alpha value is -3.32. The van der Waals surface area contributed by atoms with E-state index in [0.29, 0.717) is 0 Å². The first-order valence-corrected chi connectivity index (χ1v) is 20.3. The van der Waals surface area contributed by atoms with Crippen molar-refractivity contribution in [3.8, 4) is 0 Å². The van der Waals surface area contributed by atoms with Gasteiger partial charge < -0.3 is 5.32 Å². The van der Waals surface area contributed by atoms with Crippen molar-refractivity contribution in [2.45, 2.75) is 36.5 Å². The largest absolute Gasteiger partial charge is 0.349 e. The summed E-state index contributed by atoms with van der Waals surface area (Å²) in [7, 11) is -5.33. The minimum absolute atomic E-state index is 0.387. The van der Waals surface area contributed by atoms with Gasteiger partial charge in [-0.15, -0.1) is 10.2 Å². The standard InChI is InChI=1S/C39H36Cl2N3S2.ClHO4/c1-3-44(4-2)35-27-31(41)20-22-37(35)46(43(32-11-7-5-8-12-32)33-13-9-6-10-14-33)39(44)24-18-29-16-15-28(25-29)17-23-38-42-34-26-30(40)19-21-36(34)45-38;2-1(3,4)5/h5-14,17-27,42H,3-4,15-16H2,1-2H3;(H,2,3,4,5)/q+1;/p-1. The summed E-state index contributed by atoms with van der Waals surface area (Å²) in [4.78, 5) is 3.93. The summed E-state index contributed by atoms with van der Waals surface area (Å²) in [5.41, 5.74) is 7.43. The SMILES string of the molecule is CC[N+]1(CC)C(C=CC2=CC(=CC=C3Nc4cc(Cl)ccc4S3)CC2)=S(N(c2ccccc2)c2ccccc2)c2ccc(Cl)cc21.[O-][Cl+3]([O-])([O-])[O-]. The van der Waals surface area contributed by atoms with Crippen LogP contribution in [0.4, 0.5) is 22.7 Å². The van der Waals surface area contributed by atoms with Crippen LogP contribution in [-0.4, -0.2) is 18.1 Å². The number of rotatable bonds is 8. The van der Waals surface area contributed by atoms with Crippen molar-refractivity contribution >= 4 is 73.4 Å². The first-order chi connectivity index (χ1) is 24.5. The predicted molar refractivity (Wildman–Crippen MR) is 204 cm³/mol. The van der Waals surface area contributed by atoms with Crippen LogP contribution in [0.15, 0.2) is 153 Å². The Bertz CT molecular complexity index is 2010. The van der Waals surface area contributed by atoms with Crippen molar-refractivity contribution in [3.05, 3.63) is 154 Å². The monoisotopic (exact) mass is 779 g/mol. The molecule has 7 nitrogen and oxygen atoms in total. The molecule has 2 aliphatic heterocycles. The second kappa shape index (κ2) is 16.1. The molecule has 4 aromatic rings. The fraction of sp³-hybridized carbons (Fsp3) is 0.154. The maximum Gasteiger partial charge on any atom is 0.186 e. The van der Waals surface area contributed by atoms with Gasteiger partial charge in [0.2, 0.25) is 0 Å². The summed E-state index contributed by atoms with van der Waals surface area (Å²) in [5, 5.41) is 6.15. The molecule has 3 aliphatic rings. The first-order valence-electron chi connectivity index (χ1n) is 16.3. The second-order valence-corrected chi connectivity index (χ2v) is 16.4. The van der Waals surface area contributed by atoms with Gasteiger partial charge in [0.1, 0.15) is 0 Å². The van der Waals surface area contributed by atoms with Crippen molar-refractivity contribution in [1.82, 2.24) is 4.48 Å². The van der Waals surface area contributed by atoms with Gasteiger partial charge in [-0.3, -0.25) is 8.79 Å². The van der Waals surface area contributed by atoms with Crippen LogP contribution in [0.2, 0.25) is 10.0 Å². The Morgan fingerprint density at radius 1 is 0.804 bits per heavy atom. The van der Waals surface area contributed by atoms with Crippen molar-refractivity contribution in [2.75, 3.05) is 22.7 Å². The van der Waals surface area contributed by atoms with Gasteiger partial charge in [-0.05, 0) is 98.5 Å². The van der Waals surface area contributed by atoms with Gasteiger partial charge in [0.15, 0.2) is 10.7 Å². The van der Waals surface area contributed by atoms with Crippen molar-refractivity contribution in [3.63, 3.8) is 0 Å². The number of fused-ring (bicyclic) bond motifs is 2. The van der Waals surface area contributed by atoms with E-state index in [0.717, 1.165) is 51.2 Å². The molecule has 0 amide bonds. The Labute approximate surface area is 317 Å². The van der Waals surface area contributed by atoms with Gasteiger partial charge >= 0.3 is 0 Å². The number of halogens is 3. The number of hydrogen-bond acceptors (Lipinski definition) is 7. The first kappa shape index (κ1) is 37.4. The van der Waals surface area contributed by atoms with Crippen LogP contribution in [0.5, 0.6) is 0 Å². The lowest BCUT2D eigenvalue weighted by Gasteiger charge is -2.34. The summed E-state index contributed by atoms with van der Waals surface area (Å²) in [6, 6.07) is 34.1. The van der Waals surface area contributed by atoms with Crippen LogP contribution in [-0.2, 0) is 0 Å². The minimum Gasteiger partial charge on any atom is -0.349 e. The topological polar surface area (TPSA) is 108 Å². The van der Waals surface area contributed by atoms with E-state index in [4.69, 9.17) is 41.8 Å². The molecule has 12 heteroatoms. The number of hydrogen-bond donors (Lipinski definition) is 1. The molecule has 51 heavy (non-hydrogen) atoms. The number of benzene rings is 4. The number of para-hydroxylation sites is 2. The third-order valence-electron chi connectivity index (χ3n) is 8.84. The molecule has 0 radical (unpaired) electrons. The molecule has 0 saturated carbocycles. The molecule has 4 aromatic carbocycles. The maximum absolute atomic E-state index is 8.49. The third-order valence-corrected chi connectivity index (χ3v) is 12.8. The van der Waals surface area contributed by atoms with E-state index >= 15 is 0 Å². The highest BCUT2D eigenvalue weighted by atomic mass is 35.7. The van der Waals surface area contributed by atoms with Crippen LogP contribution in [0.1, 0.15) is 26.7 Å². The Balaban J connectivity index is 0.000000839. The fourth-order valence-electron chi connectivity index (χ4n) is 6.48. The molecule has 0 fully saturated rings. The van der Waals surface area contributed by atoms with Crippen molar-refractivity contribution < 1.29 is 28.9 Å². The molecule has 1 unspecified atom stereocenters.